The Balaban J connectivity index is 1.83. The van der Waals surface area contributed by atoms with Gasteiger partial charge in [-0.2, -0.15) is 5.10 Å². The van der Waals surface area contributed by atoms with E-state index in [2.05, 4.69) is 5.10 Å². The number of hydrazone groups is 1. The highest BCUT2D eigenvalue weighted by Gasteiger charge is 2.33. The van der Waals surface area contributed by atoms with Crippen LogP contribution in [0.15, 0.2) is 53.6 Å². The Hall–Kier alpha value is -2.47. The summed E-state index contributed by atoms with van der Waals surface area (Å²) >= 11 is 1.56. The van der Waals surface area contributed by atoms with Crippen LogP contribution in [0.2, 0.25) is 0 Å². The maximum Gasteiger partial charge on any atom is 0.254 e. The van der Waals surface area contributed by atoms with Crippen molar-refractivity contribution in [1.82, 2.24) is 5.01 Å². The number of nitrogens with zero attached hydrogens (tertiary/aromatic N) is 2. The van der Waals surface area contributed by atoms with Gasteiger partial charge in [0.05, 0.1) is 26.2 Å². The molecule has 124 valence electrons. The quantitative estimate of drug-likeness (QED) is 0.782. The van der Waals surface area contributed by atoms with E-state index in [1.165, 1.54) is 5.01 Å². The standard InChI is InChI=1S/C18H18N2O3S/c1-22-15-7-3-5-13(9-15)11-19-20-17(21)12-24-18(20)14-6-4-8-16(10-14)23-2/h3-11,18H,12H2,1-2H3/b19-11+. The number of carbonyl (C=O) groups is 1. The molecule has 1 unspecified atom stereocenters. The predicted octanol–water partition coefficient (Wildman–Crippen LogP) is 3.31. The summed E-state index contributed by atoms with van der Waals surface area (Å²) in [5, 5.41) is 5.79. The molecule has 1 heterocycles. The number of hydrogen-bond acceptors (Lipinski definition) is 5. The molecule has 1 aliphatic rings. The molecule has 2 aromatic carbocycles. The van der Waals surface area contributed by atoms with Gasteiger partial charge in [0.15, 0.2) is 0 Å². The molecule has 1 aliphatic heterocycles. The van der Waals surface area contributed by atoms with E-state index in [1.54, 1.807) is 32.2 Å². The molecule has 0 aromatic heterocycles. The van der Waals surface area contributed by atoms with Crippen molar-refractivity contribution >= 4 is 23.9 Å². The first-order valence-corrected chi connectivity index (χ1v) is 8.52. The molecule has 0 aliphatic carbocycles. The van der Waals surface area contributed by atoms with E-state index in [1.807, 2.05) is 48.5 Å². The third-order valence-electron chi connectivity index (χ3n) is 3.65. The maximum absolute atomic E-state index is 12.2. The van der Waals surface area contributed by atoms with E-state index in [0.717, 1.165) is 22.6 Å². The molecule has 0 radical (unpaired) electrons. The molecule has 24 heavy (non-hydrogen) atoms. The van der Waals surface area contributed by atoms with Crippen LogP contribution < -0.4 is 9.47 Å². The van der Waals surface area contributed by atoms with Crippen LogP contribution in [-0.4, -0.2) is 37.1 Å². The Bertz CT molecular complexity index is 763. The van der Waals surface area contributed by atoms with Crippen LogP contribution in [-0.2, 0) is 4.79 Å². The Kier molecular flexibility index (Phi) is 5.05. The SMILES string of the molecule is COc1cccc(/C=N/N2C(=O)CSC2c2cccc(OC)c2)c1. The second-order valence-electron chi connectivity index (χ2n) is 5.20. The minimum absolute atomic E-state index is 0.00744. The summed E-state index contributed by atoms with van der Waals surface area (Å²) in [5.41, 5.74) is 1.87. The van der Waals surface area contributed by atoms with E-state index in [4.69, 9.17) is 9.47 Å². The van der Waals surface area contributed by atoms with E-state index < -0.39 is 0 Å². The summed E-state index contributed by atoms with van der Waals surface area (Å²) in [6.45, 7) is 0. The lowest BCUT2D eigenvalue weighted by atomic mass is 10.2. The van der Waals surface area contributed by atoms with E-state index in [0.29, 0.717) is 5.75 Å². The minimum Gasteiger partial charge on any atom is -0.497 e. The van der Waals surface area contributed by atoms with Crippen molar-refractivity contribution in [3.05, 3.63) is 59.7 Å². The van der Waals surface area contributed by atoms with Crippen LogP contribution in [0.1, 0.15) is 16.5 Å². The maximum atomic E-state index is 12.2. The molecule has 0 spiro atoms. The number of benzene rings is 2. The lowest BCUT2D eigenvalue weighted by Gasteiger charge is -2.19. The number of hydrogen-bond donors (Lipinski definition) is 0. The monoisotopic (exact) mass is 342 g/mol. The van der Waals surface area contributed by atoms with Crippen LogP contribution in [0, 0.1) is 0 Å². The summed E-state index contributed by atoms with van der Waals surface area (Å²) in [7, 11) is 3.25. The summed E-state index contributed by atoms with van der Waals surface area (Å²) in [6.07, 6.45) is 1.68. The molecule has 3 rings (SSSR count). The van der Waals surface area contributed by atoms with Gasteiger partial charge in [-0.25, -0.2) is 5.01 Å². The van der Waals surface area contributed by atoms with E-state index in [9.17, 15) is 4.79 Å². The molecule has 0 bridgehead atoms. The van der Waals surface area contributed by atoms with Crippen molar-refractivity contribution < 1.29 is 14.3 Å². The molecule has 1 atom stereocenters. The van der Waals surface area contributed by atoms with E-state index >= 15 is 0 Å². The van der Waals surface area contributed by atoms with Crippen molar-refractivity contribution in [1.29, 1.82) is 0 Å². The molecule has 6 heteroatoms. The van der Waals surface area contributed by atoms with Crippen molar-refractivity contribution in [2.45, 2.75) is 5.37 Å². The number of amides is 1. The lowest BCUT2D eigenvalue weighted by molar-refractivity contribution is -0.128. The molecule has 0 saturated carbocycles. The highest BCUT2D eigenvalue weighted by molar-refractivity contribution is 8.00. The number of methoxy groups -OCH3 is 2. The predicted molar refractivity (Wildman–Crippen MR) is 95.6 cm³/mol. The summed E-state index contributed by atoms with van der Waals surface area (Å²) in [5.74, 6) is 1.93. The van der Waals surface area contributed by atoms with Gasteiger partial charge in [0.2, 0.25) is 0 Å². The summed E-state index contributed by atoms with van der Waals surface area (Å²) in [6, 6.07) is 15.3. The Labute approximate surface area is 145 Å². The van der Waals surface area contributed by atoms with E-state index in [-0.39, 0.29) is 11.3 Å². The average Bonchev–Trinajstić information content (AvgIpc) is 3.01. The van der Waals surface area contributed by atoms with Crippen LogP contribution in [0.3, 0.4) is 0 Å². The zero-order chi connectivity index (χ0) is 16.9. The van der Waals surface area contributed by atoms with Crippen LogP contribution in [0.5, 0.6) is 11.5 Å². The molecule has 0 N–H and O–H groups in total. The van der Waals surface area contributed by atoms with Gasteiger partial charge in [-0.3, -0.25) is 4.79 Å². The number of thioether (sulfide) groups is 1. The molecule has 1 amide bonds. The van der Waals surface area contributed by atoms with Crippen LogP contribution in [0.25, 0.3) is 0 Å². The fourth-order valence-corrected chi connectivity index (χ4v) is 3.51. The Morgan fingerprint density at radius 1 is 1.12 bits per heavy atom. The van der Waals surface area contributed by atoms with Crippen molar-refractivity contribution in [2.24, 2.45) is 5.10 Å². The van der Waals surface area contributed by atoms with Gasteiger partial charge in [0, 0.05) is 0 Å². The third-order valence-corrected chi connectivity index (χ3v) is 4.85. The van der Waals surface area contributed by atoms with Crippen LogP contribution >= 0.6 is 11.8 Å². The van der Waals surface area contributed by atoms with Gasteiger partial charge < -0.3 is 9.47 Å². The first kappa shape index (κ1) is 16.4. The second kappa shape index (κ2) is 7.40. The summed E-state index contributed by atoms with van der Waals surface area (Å²) < 4.78 is 10.5. The Morgan fingerprint density at radius 2 is 1.83 bits per heavy atom. The zero-order valence-corrected chi connectivity index (χ0v) is 14.3. The highest BCUT2D eigenvalue weighted by Crippen LogP contribution is 2.39. The minimum atomic E-state index is -0.144. The Morgan fingerprint density at radius 3 is 2.58 bits per heavy atom. The van der Waals surface area contributed by atoms with Crippen LogP contribution in [0.4, 0.5) is 0 Å². The number of rotatable bonds is 5. The smallest absolute Gasteiger partial charge is 0.254 e. The average molecular weight is 342 g/mol. The molecule has 1 fully saturated rings. The van der Waals surface area contributed by atoms with Crippen molar-refractivity contribution in [3.63, 3.8) is 0 Å². The number of ether oxygens (including phenoxy) is 2. The highest BCUT2D eigenvalue weighted by atomic mass is 32.2. The molecule has 5 nitrogen and oxygen atoms in total. The number of carbonyl (C=O) groups excluding carboxylic acids is 1. The fraction of sp³-hybridized carbons (Fsp3) is 0.222. The largest absolute Gasteiger partial charge is 0.497 e. The zero-order valence-electron chi connectivity index (χ0n) is 13.5. The van der Waals surface area contributed by atoms with Gasteiger partial charge in [-0.1, -0.05) is 24.3 Å². The molecular formula is C18H18N2O3S. The fourth-order valence-electron chi connectivity index (χ4n) is 2.43. The van der Waals surface area contributed by atoms with Gasteiger partial charge in [0.25, 0.3) is 5.91 Å². The lowest BCUT2D eigenvalue weighted by Crippen LogP contribution is -2.22. The molecule has 1 saturated heterocycles. The molecular weight excluding hydrogens is 324 g/mol. The van der Waals surface area contributed by atoms with Gasteiger partial charge in [0.1, 0.15) is 16.9 Å². The molecule has 2 aromatic rings. The normalized spacial score (nSPS) is 17.5. The van der Waals surface area contributed by atoms with Crippen molar-refractivity contribution in [2.75, 3.05) is 20.0 Å². The van der Waals surface area contributed by atoms with Gasteiger partial charge in [-0.15, -0.1) is 11.8 Å². The third kappa shape index (κ3) is 3.54. The topological polar surface area (TPSA) is 51.1 Å². The van der Waals surface area contributed by atoms with Gasteiger partial charge >= 0.3 is 0 Å². The van der Waals surface area contributed by atoms with Gasteiger partial charge in [-0.05, 0) is 35.4 Å². The first-order valence-electron chi connectivity index (χ1n) is 7.47. The first-order chi connectivity index (χ1) is 11.7. The summed E-state index contributed by atoms with van der Waals surface area (Å²) in [4.78, 5) is 12.2. The van der Waals surface area contributed by atoms with Crippen molar-refractivity contribution in [3.8, 4) is 11.5 Å². The second-order valence-corrected chi connectivity index (χ2v) is 6.27.